The highest BCUT2D eigenvalue weighted by molar-refractivity contribution is 5.11. The third-order valence-corrected chi connectivity index (χ3v) is 3.61. The molecule has 0 bridgehead atoms. The monoisotopic (exact) mass is 224 g/mol. The Morgan fingerprint density at radius 2 is 2.06 bits per heavy atom. The zero-order chi connectivity index (χ0) is 12.3. The van der Waals surface area contributed by atoms with Crippen LogP contribution in [0.15, 0.2) is 6.07 Å². The lowest BCUT2D eigenvalue weighted by molar-refractivity contribution is 0.0465. The fourth-order valence-corrected chi connectivity index (χ4v) is 1.65. The highest BCUT2D eigenvalue weighted by Crippen LogP contribution is 2.27. The number of aliphatic hydroxyl groups excluding tert-OH is 1. The summed E-state index contributed by atoms with van der Waals surface area (Å²) in [5, 5.41) is 14.6. The van der Waals surface area contributed by atoms with Crippen LogP contribution in [-0.4, -0.2) is 21.0 Å². The van der Waals surface area contributed by atoms with Gasteiger partial charge in [0.05, 0.1) is 11.8 Å². The number of hydrogen-bond acceptors (Lipinski definition) is 2. The molecule has 0 spiro atoms. The van der Waals surface area contributed by atoms with Crippen LogP contribution in [0.1, 0.15) is 45.5 Å². The smallest absolute Gasteiger partial charge is 0.0646 e. The molecule has 1 heterocycles. The second-order valence-electron chi connectivity index (χ2n) is 5.17. The van der Waals surface area contributed by atoms with E-state index in [0.29, 0.717) is 6.42 Å². The van der Waals surface area contributed by atoms with Gasteiger partial charge in [-0.05, 0) is 24.3 Å². The molecule has 1 aromatic rings. The first-order valence-corrected chi connectivity index (χ1v) is 6.10. The quantitative estimate of drug-likeness (QED) is 0.833. The Labute approximate surface area is 98.5 Å². The van der Waals surface area contributed by atoms with Crippen LogP contribution in [0.2, 0.25) is 0 Å². The highest BCUT2D eigenvalue weighted by Gasteiger charge is 2.26. The molecule has 1 atom stereocenters. The lowest BCUT2D eigenvalue weighted by Gasteiger charge is -2.29. The van der Waals surface area contributed by atoms with Gasteiger partial charge in [0, 0.05) is 19.2 Å². The fraction of sp³-hybridized carbons (Fsp3) is 0.769. The predicted molar refractivity (Wildman–Crippen MR) is 66.4 cm³/mol. The first-order chi connectivity index (χ1) is 7.40. The van der Waals surface area contributed by atoms with Gasteiger partial charge < -0.3 is 5.11 Å². The number of aromatic nitrogens is 2. The van der Waals surface area contributed by atoms with E-state index < -0.39 is 0 Å². The minimum atomic E-state index is -0.308. The molecule has 0 saturated carbocycles. The van der Waals surface area contributed by atoms with E-state index in [4.69, 9.17) is 0 Å². The summed E-state index contributed by atoms with van der Waals surface area (Å²) < 4.78 is 1.88. The van der Waals surface area contributed by atoms with Gasteiger partial charge >= 0.3 is 0 Å². The van der Waals surface area contributed by atoms with Crippen LogP contribution in [0.4, 0.5) is 0 Å². The number of nitrogens with zero attached hydrogens (tertiary/aromatic N) is 2. The van der Waals surface area contributed by atoms with Gasteiger partial charge in [0.2, 0.25) is 0 Å². The molecule has 1 N–H and O–H groups in total. The molecule has 0 aliphatic rings. The third-order valence-electron chi connectivity index (χ3n) is 3.61. The molecule has 0 saturated heterocycles. The van der Waals surface area contributed by atoms with Crippen molar-refractivity contribution in [3.8, 4) is 0 Å². The lowest BCUT2D eigenvalue weighted by Crippen LogP contribution is -2.31. The summed E-state index contributed by atoms with van der Waals surface area (Å²) in [6.07, 6.45) is 2.30. The Balaban J connectivity index is 2.76. The third kappa shape index (κ3) is 2.85. The van der Waals surface area contributed by atoms with Crippen molar-refractivity contribution < 1.29 is 5.11 Å². The summed E-state index contributed by atoms with van der Waals surface area (Å²) in [6, 6.07) is 2.09. The van der Waals surface area contributed by atoms with Crippen molar-refractivity contribution in [2.24, 2.45) is 12.5 Å². The van der Waals surface area contributed by atoms with E-state index in [1.165, 1.54) is 0 Å². The molecular weight excluding hydrogens is 200 g/mol. The van der Waals surface area contributed by atoms with Crippen LogP contribution in [0.25, 0.3) is 0 Å². The zero-order valence-electron chi connectivity index (χ0n) is 11.1. The average molecular weight is 224 g/mol. The minimum absolute atomic E-state index is 0.0311. The van der Waals surface area contributed by atoms with Gasteiger partial charge in [-0.25, -0.2) is 0 Å². The maximum absolute atomic E-state index is 10.2. The van der Waals surface area contributed by atoms with E-state index in [9.17, 15) is 5.11 Å². The van der Waals surface area contributed by atoms with Crippen molar-refractivity contribution in [2.75, 3.05) is 0 Å². The molecule has 0 radical (unpaired) electrons. The molecule has 3 heteroatoms. The molecule has 0 fully saturated rings. The fourth-order valence-electron chi connectivity index (χ4n) is 1.65. The predicted octanol–water partition coefficient (Wildman–Crippen LogP) is 2.32. The first-order valence-electron chi connectivity index (χ1n) is 6.10. The molecule has 1 rings (SSSR count). The molecule has 16 heavy (non-hydrogen) atoms. The second-order valence-corrected chi connectivity index (χ2v) is 5.17. The number of rotatable bonds is 5. The summed E-state index contributed by atoms with van der Waals surface area (Å²) in [7, 11) is 1.94. The maximum atomic E-state index is 10.2. The molecule has 1 aromatic heterocycles. The van der Waals surface area contributed by atoms with Crippen molar-refractivity contribution in [2.45, 2.75) is 53.1 Å². The normalized spacial score (nSPS) is 14.1. The number of aryl methyl sites for hydroxylation is 2. The van der Waals surface area contributed by atoms with Gasteiger partial charge in [-0.3, -0.25) is 4.68 Å². The first kappa shape index (κ1) is 13.2. The molecule has 0 aliphatic carbocycles. The van der Waals surface area contributed by atoms with Gasteiger partial charge in [-0.1, -0.05) is 27.7 Å². The Kier molecular flexibility index (Phi) is 4.14. The van der Waals surface area contributed by atoms with Crippen molar-refractivity contribution in [1.29, 1.82) is 0 Å². The highest BCUT2D eigenvalue weighted by atomic mass is 16.3. The number of aliphatic hydroxyl groups is 1. The minimum Gasteiger partial charge on any atom is -0.392 e. The van der Waals surface area contributed by atoms with E-state index in [0.717, 1.165) is 24.2 Å². The summed E-state index contributed by atoms with van der Waals surface area (Å²) in [5.74, 6) is 0. The standard InChI is InChI=1S/C13H24N2O/c1-6-10-8-11(15(5)14-10)9-12(16)13(3,4)7-2/h8,12,16H,6-7,9H2,1-5H3. The van der Waals surface area contributed by atoms with Crippen LogP contribution >= 0.6 is 0 Å². The van der Waals surface area contributed by atoms with Gasteiger partial charge in [0.15, 0.2) is 0 Å². The summed E-state index contributed by atoms with van der Waals surface area (Å²) >= 11 is 0. The number of hydrogen-bond donors (Lipinski definition) is 1. The van der Waals surface area contributed by atoms with E-state index in [1.807, 2.05) is 11.7 Å². The largest absolute Gasteiger partial charge is 0.392 e. The summed E-state index contributed by atoms with van der Waals surface area (Å²) in [5.41, 5.74) is 2.18. The maximum Gasteiger partial charge on any atom is 0.0646 e. The van der Waals surface area contributed by atoms with E-state index in [2.05, 4.69) is 38.9 Å². The van der Waals surface area contributed by atoms with Crippen molar-refractivity contribution in [3.63, 3.8) is 0 Å². The second kappa shape index (κ2) is 5.00. The SMILES string of the molecule is CCc1cc(CC(O)C(C)(C)CC)n(C)n1. The summed E-state index contributed by atoms with van der Waals surface area (Å²) in [6.45, 7) is 8.42. The Morgan fingerprint density at radius 1 is 1.44 bits per heavy atom. The lowest BCUT2D eigenvalue weighted by atomic mass is 9.82. The van der Waals surface area contributed by atoms with E-state index >= 15 is 0 Å². The van der Waals surface area contributed by atoms with Crippen LogP contribution in [-0.2, 0) is 19.9 Å². The van der Waals surface area contributed by atoms with Gasteiger partial charge in [0.1, 0.15) is 0 Å². The molecule has 0 aliphatic heterocycles. The Bertz CT molecular complexity index is 342. The molecule has 0 aromatic carbocycles. The molecule has 92 valence electrons. The van der Waals surface area contributed by atoms with Crippen LogP contribution in [0.3, 0.4) is 0 Å². The zero-order valence-corrected chi connectivity index (χ0v) is 11.1. The molecule has 3 nitrogen and oxygen atoms in total. The Hall–Kier alpha value is -0.830. The molecule has 1 unspecified atom stereocenters. The van der Waals surface area contributed by atoms with Crippen LogP contribution in [0, 0.1) is 5.41 Å². The molecule has 0 amide bonds. The van der Waals surface area contributed by atoms with Crippen LogP contribution < -0.4 is 0 Å². The van der Waals surface area contributed by atoms with Gasteiger partial charge in [-0.15, -0.1) is 0 Å². The van der Waals surface area contributed by atoms with E-state index in [-0.39, 0.29) is 11.5 Å². The van der Waals surface area contributed by atoms with Crippen molar-refractivity contribution >= 4 is 0 Å². The van der Waals surface area contributed by atoms with Crippen LogP contribution in [0.5, 0.6) is 0 Å². The van der Waals surface area contributed by atoms with Gasteiger partial charge in [0.25, 0.3) is 0 Å². The van der Waals surface area contributed by atoms with E-state index in [1.54, 1.807) is 0 Å². The topological polar surface area (TPSA) is 38.0 Å². The van der Waals surface area contributed by atoms with Gasteiger partial charge in [-0.2, -0.15) is 5.10 Å². The van der Waals surface area contributed by atoms with Crippen molar-refractivity contribution in [1.82, 2.24) is 9.78 Å². The Morgan fingerprint density at radius 3 is 2.50 bits per heavy atom. The molecular formula is C13H24N2O. The average Bonchev–Trinajstić information content (AvgIpc) is 2.59. The summed E-state index contributed by atoms with van der Waals surface area (Å²) in [4.78, 5) is 0. The van der Waals surface area contributed by atoms with Crippen molar-refractivity contribution in [3.05, 3.63) is 17.5 Å².